The van der Waals surface area contributed by atoms with Gasteiger partial charge in [-0.05, 0) is 44.9 Å². The van der Waals surface area contributed by atoms with Crippen LogP contribution in [0.25, 0.3) is 0 Å². The maximum absolute atomic E-state index is 5.68. The molecule has 1 heterocycles. The van der Waals surface area contributed by atoms with Crippen LogP contribution in [-0.2, 0) is 17.9 Å². The van der Waals surface area contributed by atoms with Crippen LogP contribution in [0.1, 0.15) is 42.0 Å². The summed E-state index contributed by atoms with van der Waals surface area (Å²) >= 11 is 1.87. The summed E-state index contributed by atoms with van der Waals surface area (Å²) in [6.45, 7) is 13.8. The van der Waals surface area contributed by atoms with E-state index < -0.39 is 0 Å². The number of hydrogen-bond acceptors (Lipinski definition) is 3. The van der Waals surface area contributed by atoms with E-state index in [1.165, 1.54) is 27.3 Å². The number of thiophene rings is 1. The summed E-state index contributed by atoms with van der Waals surface area (Å²) in [7, 11) is 0. The van der Waals surface area contributed by atoms with Gasteiger partial charge in [-0.25, -0.2) is 0 Å². The van der Waals surface area contributed by atoms with Crippen molar-refractivity contribution in [1.82, 2.24) is 5.32 Å². The van der Waals surface area contributed by atoms with E-state index in [0.29, 0.717) is 0 Å². The SMILES string of the molecule is C=C(C)CCOCc1cc(CNCCC)sc1C. The summed E-state index contributed by atoms with van der Waals surface area (Å²) in [5, 5.41) is 3.43. The number of hydrogen-bond donors (Lipinski definition) is 1. The Morgan fingerprint density at radius 3 is 2.94 bits per heavy atom. The van der Waals surface area contributed by atoms with Gasteiger partial charge < -0.3 is 10.1 Å². The van der Waals surface area contributed by atoms with Crippen molar-refractivity contribution in [2.45, 2.75) is 46.8 Å². The molecule has 0 aromatic carbocycles. The largest absolute Gasteiger partial charge is 0.376 e. The molecule has 0 bridgehead atoms. The van der Waals surface area contributed by atoms with Gasteiger partial charge in [-0.3, -0.25) is 0 Å². The first-order valence-electron chi connectivity index (χ1n) is 6.64. The predicted octanol–water partition coefficient (Wildman–Crippen LogP) is 4.04. The fourth-order valence-electron chi connectivity index (χ4n) is 1.63. The predicted molar refractivity (Wildman–Crippen MR) is 80.1 cm³/mol. The van der Waals surface area contributed by atoms with E-state index in [-0.39, 0.29) is 0 Å². The molecule has 2 nitrogen and oxygen atoms in total. The van der Waals surface area contributed by atoms with Gasteiger partial charge in [0.25, 0.3) is 0 Å². The summed E-state index contributed by atoms with van der Waals surface area (Å²) in [6, 6.07) is 2.27. The van der Waals surface area contributed by atoms with Crippen LogP contribution in [0, 0.1) is 6.92 Å². The zero-order chi connectivity index (χ0) is 13.4. The van der Waals surface area contributed by atoms with Gasteiger partial charge in [0.05, 0.1) is 13.2 Å². The molecule has 0 radical (unpaired) electrons. The average molecular weight is 267 g/mol. The van der Waals surface area contributed by atoms with Crippen molar-refractivity contribution in [3.8, 4) is 0 Å². The van der Waals surface area contributed by atoms with Crippen LogP contribution in [-0.4, -0.2) is 13.2 Å². The lowest BCUT2D eigenvalue weighted by Gasteiger charge is -2.03. The lowest BCUT2D eigenvalue weighted by molar-refractivity contribution is 0.124. The lowest BCUT2D eigenvalue weighted by atomic mass is 10.2. The third-order valence-electron chi connectivity index (χ3n) is 2.73. The van der Waals surface area contributed by atoms with E-state index in [1.54, 1.807) is 0 Å². The molecule has 0 unspecified atom stereocenters. The first-order chi connectivity index (χ1) is 8.63. The smallest absolute Gasteiger partial charge is 0.0727 e. The molecule has 18 heavy (non-hydrogen) atoms. The van der Waals surface area contributed by atoms with Crippen molar-refractivity contribution < 1.29 is 4.74 Å². The van der Waals surface area contributed by atoms with Gasteiger partial charge >= 0.3 is 0 Å². The fourth-order valence-corrected chi connectivity index (χ4v) is 2.65. The molecule has 0 saturated heterocycles. The molecule has 0 spiro atoms. The Kier molecular flexibility index (Phi) is 7.25. The zero-order valence-electron chi connectivity index (χ0n) is 11.8. The van der Waals surface area contributed by atoms with Crippen molar-refractivity contribution in [3.63, 3.8) is 0 Å². The first kappa shape index (κ1) is 15.4. The van der Waals surface area contributed by atoms with Crippen molar-refractivity contribution >= 4 is 11.3 Å². The Morgan fingerprint density at radius 1 is 1.50 bits per heavy atom. The monoisotopic (exact) mass is 267 g/mol. The molecule has 1 aromatic rings. The van der Waals surface area contributed by atoms with Gasteiger partial charge in [0.15, 0.2) is 0 Å². The Morgan fingerprint density at radius 2 is 2.28 bits per heavy atom. The minimum absolute atomic E-state index is 0.726. The quantitative estimate of drug-likeness (QED) is 0.538. The van der Waals surface area contributed by atoms with Crippen LogP contribution < -0.4 is 5.32 Å². The molecule has 0 amide bonds. The van der Waals surface area contributed by atoms with E-state index >= 15 is 0 Å². The highest BCUT2D eigenvalue weighted by molar-refractivity contribution is 7.12. The minimum atomic E-state index is 0.726. The van der Waals surface area contributed by atoms with Crippen molar-refractivity contribution in [3.05, 3.63) is 33.5 Å². The summed E-state index contributed by atoms with van der Waals surface area (Å²) in [6.07, 6.45) is 2.13. The van der Waals surface area contributed by atoms with E-state index in [0.717, 1.165) is 32.7 Å². The topological polar surface area (TPSA) is 21.3 Å². The Bertz CT molecular complexity index is 371. The third kappa shape index (κ3) is 5.80. The second-order valence-electron chi connectivity index (χ2n) is 4.73. The highest BCUT2D eigenvalue weighted by Crippen LogP contribution is 2.22. The molecular formula is C15H25NOS. The first-order valence-corrected chi connectivity index (χ1v) is 7.46. The molecule has 0 aliphatic rings. The zero-order valence-corrected chi connectivity index (χ0v) is 12.7. The van der Waals surface area contributed by atoms with Crippen LogP contribution in [0.2, 0.25) is 0 Å². The van der Waals surface area contributed by atoms with E-state index in [1.807, 2.05) is 18.3 Å². The summed E-state index contributed by atoms with van der Waals surface area (Å²) < 4.78 is 5.68. The van der Waals surface area contributed by atoms with Gasteiger partial charge in [0.2, 0.25) is 0 Å². The summed E-state index contributed by atoms with van der Waals surface area (Å²) in [4.78, 5) is 2.78. The third-order valence-corrected chi connectivity index (χ3v) is 3.82. The number of ether oxygens (including phenoxy) is 1. The second kappa shape index (κ2) is 8.46. The van der Waals surface area contributed by atoms with Gasteiger partial charge in [0, 0.05) is 16.3 Å². The molecule has 3 heteroatoms. The molecule has 0 aliphatic heterocycles. The molecule has 1 rings (SSSR count). The minimum Gasteiger partial charge on any atom is -0.376 e. The molecule has 0 saturated carbocycles. The number of aryl methyl sites for hydroxylation is 1. The van der Waals surface area contributed by atoms with E-state index in [4.69, 9.17) is 4.74 Å². The van der Waals surface area contributed by atoms with Crippen LogP contribution in [0.15, 0.2) is 18.2 Å². The highest BCUT2D eigenvalue weighted by atomic mass is 32.1. The molecule has 102 valence electrons. The van der Waals surface area contributed by atoms with Gasteiger partial charge in [0.1, 0.15) is 0 Å². The van der Waals surface area contributed by atoms with Gasteiger partial charge in [-0.15, -0.1) is 17.9 Å². The molecule has 0 fully saturated rings. The van der Waals surface area contributed by atoms with Crippen LogP contribution in [0.3, 0.4) is 0 Å². The molecular weight excluding hydrogens is 242 g/mol. The fraction of sp³-hybridized carbons (Fsp3) is 0.600. The van der Waals surface area contributed by atoms with Crippen LogP contribution >= 0.6 is 11.3 Å². The summed E-state index contributed by atoms with van der Waals surface area (Å²) in [5.41, 5.74) is 2.51. The van der Waals surface area contributed by atoms with Gasteiger partial charge in [-0.1, -0.05) is 12.5 Å². The normalized spacial score (nSPS) is 10.8. The van der Waals surface area contributed by atoms with Crippen molar-refractivity contribution in [1.29, 1.82) is 0 Å². The number of rotatable bonds is 9. The van der Waals surface area contributed by atoms with E-state index in [9.17, 15) is 0 Å². The Balaban J connectivity index is 2.34. The van der Waals surface area contributed by atoms with Crippen molar-refractivity contribution in [2.24, 2.45) is 0 Å². The maximum Gasteiger partial charge on any atom is 0.0727 e. The lowest BCUT2D eigenvalue weighted by Crippen LogP contribution is -2.12. The Hall–Kier alpha value is -0.640. The molecule has 1 N–H and O–H groups in total. The molecule has 0 aliphatic carbocycles. The molecule has 0 atom stereocenters. The van der Waals surface area contributed by atoms with Crippen LogP contribution in [0.4, 0.5) is 0 Å². The van der Waals surface area contributed by atoms with Gasteiger partial charge in [-0.2, -0.15) is 0 Å². The second-order valence-corrected chi connectivity index (χ2v) is 6.07. The van der Waals surface area contributed by atoms with Crippen molar-refractivity contribution in [2.75, 3.05) is 13.2 Å². The Labute approximate surface area is 115 Å². The van der Waals surface area contributed by atoms with E-state index in [2.05, 4.69) is 31.8 Å². The highest BCUT2D eigenvalue weighted by Gasteiger charge is 2.05. The van der Waals surface area contributed by atoms with Crippen LogP contribution in [0.5, 0.6) is 0 Å². The molecule has 1 aromatic heterocycles. The maximum atomic E-state index is 5.68. The standard InChI is InChI=1S/C15H25NOS/c1-5-7-16-10-15-9-14(13(4)18-15)11-17-8-6-12(2)3/h9,16H,2,5-8,10-11H2,1,3-4H3. The summed E-state index contributed by atoms with van der Waals surface area (Å²) in [5.74, 6) is 0. The number of nitrogens with one attached hydrogen (secondary N) is 1. The average Bonchev–Trinajstić information content (AvgIpc) is 2.66.